The number of carbonyl (C=O) groups is 1. The molecule has 0 aromatic rings. The minimum absolute atomic E-state index is 0.134. The van der Waals surface area contributed by atoms with E-state index in [1.54, 1.807) is 0 Å². The van der Waals surface area contributed by atoms with Gasteiger partial charge in [0.25, 0.3) is 0 Å². The van der Waals surface area contributed by atoms with Crippen LogP contribution in [-0.2, 0) is 9.53 Å². The van der Waals surface area contributed by atoms with E-state index in [4.69, 9.17) is 10.5 Å². The summed E-state index contributed by atoms with van der Waals surface area (Å²) in [5.74, 6) is 0.764. The van der Waals surface area contributed by atoms with Crippen molar-refractivity contribution < 1.29 is 9.53 Å². The van der Waals surface area contributed by atoms with Crippen molar-refractivity contribution in [3.8, 4) is 0 Å². The number of rotatable bonds is 4. The van der Waals surface area contributed by atoms with Crippen LogP contribution in [-0.4, -0.2) is 67.2 Å². The lowest BCUT2D eigenvalue weighted by atomic mass is 9.84. The highest BCUT2D eigenvalue weighted by molar-refractivity contribution is 5.78. The minimum Gasteiger partial charge on any atom is -0.372 e. The number of carbonyl (C=O) groups excluding carboxylic acids is 1. The molecule has 2 aliphatic rings. The fraction of sp³-hybridized carbons (Fsp3) is 0.938. The molecule has 1 saturated carbocycles. The van der Waals surface area contributed by atoms with Gasteiger partial charge in [0, 0.05) is 19.1 Å². The third-order valence-electron chi connectivity index (χ3n) is 4.89. The smallest absolute Gasteiger partial charge is 0.236 e. The van der Waals surface area contributed by atoms with Gasteiger partial charge in [-0.15, -0.1) is 0 Å². The first-order valence-corrected chi connectivity index (χ1v) is 8.34. The van der Waals surface area contributed by atoms with Crippen molar-refractivity contribution in [2.24, 2.45) is 11.7 Å². The van der Waals surface area contributed by atoms with Gasteiger partial charge in [0.2, 0.25) is 5.91 Å². The van der Waals surface area contributed by atoms with Crippen LogP contribution in [0.5, 0.6) is 0 Å². The van der Waals surface area contributed by atoms with Gasteiger partial charge in [-0.3, -0.25) is 9.69 Å². The number of ether oxygens (including phenoxy) is 1. The van der Waals surface area contributed by atoms with Gasteiger partial charge < -0.3 is 15.4 Å². The van der Waals surface area contributed by atoms with Crippen molar-refractivity contribution in [2.75, 3.05) is 33.2 Å². The summed E-state index contributed by atoms with van der Waals surface area (Å²) in [6.07, 6.45) is 5.17. The number of amides is 1. The summed E-state index contributed by atoms with van der Waals surface area (Å²) in [5, 5.41) is 0. The fourth-order valence-corrected chi connectivity index (χ4v) is 3.86. The summed E-state index contributed by atoms with van der Waals surface area (Å²) in [6, 6.07) is 0.462. The molecule has 1 aliphatic heterocycles. The molecule has 1 heterocycles. The highest BCUT2D eigenvalue weighted by Gasteiger charge is 2.31. The Hall–Kier alpha value is -0.650. The van der Waals surface area contributed by atoms with E-state index in [0.717, 1.165) is 6.54 Å². The first kappa shape index (κ1) is 16.7. The molecule has 2 rings (SSSR count). The third-order valence-corrected chi connectivity index (χ3v) is 4.89. The Kier molecular flexibility index (Phi) is 6.02. The van der Waals surface area contributed by atoms with Crippen LogP contribution in [0.3, 0.4) is 0 Å². The van der Waals surface area contributed by atoms with Crippen LogP contribution in [0, 0.1) is 5.92 Å². The van der Waals surface area contributed by atoms with Gasteiger partial charge >= 0.3 is 0 Å². The lowest BCUT2D eigenvalue weighted by Gasteiger charge is -2.40. The molecule has 21 heavy (non-hydrogen) atoms. The standard InChI is InChI=1S/C16H31N3O2/c1-12-9-19(10-13(2)21-12)16(20)11-18(3)15-7-5-4-6-14(15)8-17/h12-15H,4-11,17H2,1-3H3. The molecule has 0 bridgehead atoms. The topological polar surface area (TPSA) is 58.8 Å². The average molecular weight is 297 g/mol. The monoisotopic (exact) mass is 297 g/mol. The normalized spacial score (nSPS) is 34.2. The molecule has 0 aromatic carbocycles. The first-order valence-electron chi connectivity index (χ1n) is 8.34. The van der Waals surface area contributed by atoms with E-state index in [-0.39, 0.29) is 18.1 Å². The lowest BCUT2D eigenvalue weighted by molar-refractivity contribution is -0.144. The Morgan fingerprint density at radius 1 is 1.24 bits per heavy atom. The summed E-state index contributed by atoms with van der Waals surface area (Å²) in [4.78, 5) is 16.7. The van der Waals surface area contributed by atoms with Gasteiger partial charge in [-0.25, -0.2) is 0 Å². The Morgan fingerprint density at radius 2 is 1.86 bits per heavy atom. The molecule has 1 amide bonds. The van der Waals surface area contributed by atoms with Crippen LogP contribution < -0.4 is 5.73 Å². The molecule has 1 saturated heterocycles. The van der Waals surface area contributed by atoms with Gasteiger partial charge in [0.05, 0.1) is 18.8 Å². The SMILES string of the molecule is CC1CN(C(=O)CN(C)C2CCCCC2CN)CC(C)O1. The maximum absolute atomic E-state index is 12.5. The van der Waals surface area contributed by atoms with Crippen molar-refractivity contribution >= 4 is 5.91 Å². The van der Waals surface area contributed by atoms with E-state index in [0.29, 0.717) is 31.6 Å². The summed E-state index contributed by atoms with van der Waals surface area (Å²) < 4.78 is 5.70. The number of hydrogen-bond donors (Lipinski definition) is 1. The molecule has 0 spiro atoms. The van der Waals surface area contributed by atoms with Crippen molar-refractivity contribution in [1.29, 1.82) is 0 Å². The quantitative estimate of drug-likeness (QED) is 0.843. The zero-order chi connectivity index (χ0) is 15.4. The number of nitrogens with two attached hydrogens (primary N) is 1. The van der Waals surface area contributed by atoms with Gasteiger partial charge in [-0.1, -0.05) is 12.8 Å². The molecule has 122 valence electrons. The maximum atomic E-state index is 12.5. The van der Waals surface area contributed by atoms with E-state index in [1.807, 2.05) is 18.7 Å². The van der Waals surface area contributed by atoms with E-state index < -0.39 is 0 Å². The fourth-order valence-electron chi connectivity index (χ4n) is 3.86. The van der Waals surface area contributed by atoms with Gasteiger partial charge in [-0.2, -0.15) is 0 Å². The first-order chi connectivity index (χ1) is 10.0. The van der Waals surface area contributed by atoms with Crippen LogP contribution in [0.1, 0.15) is 39.5 Å². The zero-order valence-corrected chi connectivity index (χ0v) is 13.8. The molecule has 2 fully saturated rings. The van der Waals surface area contributed by atoms with Gasteiger partial charge in [0.1, 0.15) is 0 Å². The Morgan fingerprint density at radius 3 is 2.48 bits per heavy atom. The second-order valence-electron chi connectivity index (χ2n) is 6.82. The molecule has 1 aliphatic carbocycles. The highest BCUT2D eigenvalue weighted by Crippen LogP contribution is 2.27. The van der Waals surface area contributed by atoms with Crippen LogP contribution in [0.4, 0.5) is 0 Å². The summed E-state index contributed by atoms with van der Waals surface area (Å²) in [6.45, 7) is 6.72. The van der Waals surface area contributed by atoms with Crippen LogP contribution >= 0.6 is 0 Å². The van der Waals surface area contributed by atoms with E-state index >= 15 is 0 Å². The molecule has 0 radical (unpaired) electrons. The number of hydrogen-bond acceptors (Lipinski definition) is 4. The third kappa shape index (κ3) is 4.41. The van der Waals surface area contributed by atoms with Gasteiger partial charge in [-0.05, 0) is 46.2 Å². The Bertz CT molecular complexity index is 340. The van der Waals surface area contributed by atoms with E-state index in [9.17, 15) is 4.79 Å². The van der Waals surface area contributed by atoms with Crippen LogP contribution in [0.25, 0.3) is 0 Å². The van der Waals surface area contributed by atoms with Crippen molar-refractivity contribution in [1.82, 2.24) is 9.80 Å². The molecule has 5 heteroatoms. The molecule has 4 atom stereocenters. The van der Waals surface area contributed by atoms with E-state index in [2.05, 4.69) is 11.9 Å². The second-order valence-corrected chi connectivity index (χ2v) is 6.82. The molecule has 2 N–H and O–H groups in total. The lowest BCUT2D eigenvalue weighted by Crippen LogP contribution is -2.53. The predicted molar refractivity (Wildman–Crippen MR) is 84.0 cm³/mol. The molecular weight excluding hydrogens is 266 g/mol. The second kappa shape index (κ2) is 7.56. The molecular formula is C16H31N3O2. The largest absolute Gasteiger partial charge is 0.372 e. The number of likely N-dealkylation sites (N-methyl/N-ethyl adjacent to an activating group) is 1. The average Bonchev–Trinajstić information content (AvgIpc) is 2.46. The molecule has 4 unspecified atom stereocenters. The summed E-state index contributed by atoms with van der Waals surface area (Å²) in [7, 11) is 2.07. The zero-order valence-electron chi connectivity index (χ0n) is 13.8. The Balaban J connectivity index is 1.88. The van der Waals surface area contributed by atoms with Crippen molar-refractivity contribution in [2.45, 2.75) is 57.8 Å². The summed E-state index contributed by atoms with van der Waals surface area (Å²) >= 11 is 0. The number of morpholine rings is 1. The maximum Gasteiger partial charge on any atom is 0.236 e. The van der Waals surface area contributed by atoms with Gasteiger partial charge in [0.15, 0.2) is 0 Å². The Labute approximate surface area is 128 Å². The highest BCUT2D eigenvalue weighted by atomic mass is 16.5. The predicted octanol–water partition coefficient (Wildman–Crippen LogP) is 1.07. The van der Waals surface area contributed by atoms with Crippen molar-refractivity contribution in [3.63, 3.8) is 0 Å². The minimum atomic E-state index is 0.134. The van der Waals surface area contributed by atoms with E-state index in [1.165, 1.54) is 25.7 Å². The van der Waals surface area contributed by atoms with Crippen LogP contribution in [0.15, 0.2) is 0 Å². The molecule has 5 nitrogen and oxygen atoms in total. The molecule has 0 aromatic heterocycles. The van der Waals surface area contributed by atoms with Crippen LogP contribution in [0.2, 0.25) is 0 Å². The summed E-state index contributed by atoms with van der Waals surface area (Å²) in [5.41, 5.74) is 5.90. The van der Waals surface area contributed by atoms with Crippen molar-refractivity contribution in [3.05, 3.63) is 0 Å². The number of nitrogens with zero attached hydrogens (tertiary/aromatic N) is 2.